The molecule has 0 unspecified atom stereocenters. The molecule has 1 fully saturated rings. The molecule has 3 aromatic rings. The second-order valence-corrected chi connectivity index (χ2v) is 13.0. The Kier molecular flexibility index (Phi) is 9.59. The van der Waals surface area contributed by atoms with Gasteiger partial charge in [0, 0.05) is 17.1 Å². The highest BCUT2D eigenvalue weighted by atomic mass is 127. The summed E-state index contributed by atoms with van der Waals surface area (Å²) >= 11 is 6.13. The van der Waals surface area contributed by atoms with E-state index < -0.39 is 16.0 Å². The van der Waals surface area contributed by atoms with Crippen LogP contribution in [0.4, 0.5) is 10.5 Å². The third kappa shape index (κ3) is 7.25. The number of rotatable bonds is 9. The molecule has 3 amide bonds. The summed E-state index contributed by atoms with van der Waals surface area (Å²) in [4.78, 5) is 38.2. The van der Waals surface area contributed by atoms with Crippen LogP contribution >= 0.6 is 50.3 Å². The molecule has 3 aromatic carbocycles. The third-order valence-corrected chi connectivity index (χ3v) is 8.89. The maximum Gasteiger partial charge on any atom is 0.339 e. The Labute approximate surface area is 257 Å². The van der Waals surface area contributed by atoms with E-state index >= 15 is 0 Å². The quantitative estimate of drug-likeness (QED) is 0.151. The van der Waals surface area contributed by atoms with E-state index in [1.165, 1.54) is 36.1 Å². The van der Waals surface area contributed by atoms with Crippen molar-refractivity contribution >= 4 is 89.2 Å². The molecular weight excluding hydrogens is 735 g/mol. The molecule has 13 heteroatoms. The third-order valence-electron chi connectivity index (χ3n) is 5.41. The lowest BCUT2D eigenvalue weighted by molar-refractivity contribution is -0.123. The number of hydrogen-bond donors (Lipinski definition) is 1. The van der Waals surface area contributed by atoms with E-state index in [9.17, 15) is 22.8 Å². The average molecular weight is 757 g/mol. The minimum Gasteiger partial charge on any atom is -0.490 e. The van der Waals surface area contributed by atoms with Crippen LogP contribution in [0.25, 0.3) is 6.08 Å². The summed E-state index contributed by atoms with van der Waals surface area (Å²) in [5.41, 5.74) is 1.79. The van der Waals surface area contributed by atoms with Crippen molar-refractivity contribution in [1.29, 1.82) is 0 Å². The van der Waals surface area contributed by atoms with Gasteiger partial charge in [-0.05, 0) is 107 Å². The summed E-state index contributed by atoms with van der Waals surface area (Å²) in [5.74, 6) is -0.546. The molecule has 0 radical (unpaired) electrons. The average Bonchev–Trinajstić information content (AvgIpc) is 3.14. The van der Waals surface area contributed by atoms with Crippen molar-refractivity contribution in [1.82, 2.24) is 4.90 Å². The SMILES string of the molecule is CCOc1cc(/C=C2\SC(=O)N(Cc3ccc(Br)cc3)C2=O)cc(I)c1OS(=O)(=O)c1ccc(NC(C)=O)cc1. The summed E-state index contributed by atoms with van der Waals surface area (Å²) in [6.45, 7) is 3.47. The number of hydrogen-bond acceptors (Lipinski definition) is 8. The predicted molar refractivity (Wildman–Crippen MR) is 165 cm³/mol. The number of ether oxygens (including phenoxy) is 1. The molecule has 0 bridgehead atoms. The molecule has 0 saturated carbocycles. The second kappa shape index (κ2) is 12.7. The number of halogens is 2. The Hall–Kier alpha value is -2.88. The molecule has 1 heterocycles. The van der Waals surface area contributed by atoms with Crippen molar-refractivity contribution in [3.8, 4) is 11.5 Å². The van der Waals surface area contributed by atoms with E-state index in [1.54, 1.807) is 25.1 Å². The zero-order valence-corrected chi connectivity index (χ0v) is 26.5. The molecule has 0 aromatic heterocycles. The summed E-state index contributed by atoms with van der Waals surface area (Å²) in [5, 5.41) is 2.19. The lowest BCUT2D eigenvalue weighted by Gasteiger charge is -2.15. The number of anilines is 1. The highest BCUT2D eigenvalue weighted by molar-refractivity contribution is 14.1. The molecule has 0 atom stereocenters. The summed E-state index contributed by atoms with van der Waals surface area (Å²) in [7, 11) is -4.24. The van der Waals surface area contributed by atoms with Crippen molar-refractivity contribution in [2.75, 3.05) is 11.9 Å². The molecule has 1 aliphatic rings. The molecular formula is C27H22BrIN2O7S2. The fourth-order valence-electron chi connectivity index (χ4n) is 3.64. The number of carbonyl (C=O) groups is 3. The predicted octanol–water partition coefficient (Wildman–Crippen LogP) is 6.42. The van der Waals surface area contributed by atoms with Gasteiger partial charge in [-0.2, -0.15) is 8.42 Å². The van der Waals surface area contributed by atoms with Gasteiger partial charge in [-0.25, -0.2) is 0 Å². The van der Waals surface area contributed by atoms with Crippen LogP contribution < -0.4 is 14.2 Å². The molecule has 4 rings (SSSR count). The van der Waals surface area contributed by atoms with E-state index in [-0.39, 0.29) is 45.6 Å². The van der Waals surface area contributed by atoms with Gasteiger partial charge in [-0.1, -0.05) is 28.1 Å². The van der Waals surface area contributed by atoms with Crippen LogP contribution in [0, 0.1) is 3.57 Å². The minimum absolute atomic E-state index is 0.00567. The number of nitrogens with one attached hydrogen (secondary N) is 1. The number of imide groups is 1. The Morgan fingerprint density at radius 2 is 1.77 bits per heavy atom. The lowest BCUT2D eigenvalue weighted by Crippen LogP contribution is -2.27. The molecule has 1 N–H and O–H groups in total. The van der Waals surface area contributed by atoms with Crippen molar-refractivity contribution in [3.63, 3.8) is 0 Å². The topological polar surface area (TPSA) is 119 Å². The minimum atomic E-state index is -4.24. The van der Waals surface area contributed by atoms with Crippen LogP contribution in [-0.2, 0) is 26.3 Å². The van der Waals surface area contributed by atoms with E-state index in [0.717, 1.165) is 21.8 Å². The zero-order valence-electron chi connectivity index (χ0n) is 21.1. The Morgan fingerprint density at radius 1 is 1.10 bits per heavy atom. The smallest absolute Gasteiger partial charge is 0.339 e. The highest BCUT2D eigenvalue weighted by Gasteiger charge is 2.35. The van der Waals surface area contributed by atoms with E-state index in [0.29, 0.717) is 14.8 Å². The maximum absolute atomic E-state index is 13.0. The first-order valence-electron chi connectivity index (χ1n) is 11.7. The second-order valence-electron chi connectivity index (χ2n) is 8.40. The molecule has 0 aliphatic carbocycles. The Balaban J connectivity index is 1.58. The Morgan fingerprint density at radius 3 is 2.40 bits per heavy atom. The number of amides is 3. The van der Waals surface area contributed by atoms with Crippen molar-refractivity contribution in [2.45, 2.75) is 25.3 Å². The highest BCUT2D eigenvalue weighted by Crippen LogP contribution is 2.39. The Bertz CT molecular complexity index is 1610. The fourth-order valence-corrected chi connectivity index (χ4v) is 6.59. The van der Waals surface area contributed by atoms with Crippen molar-refractivity contribution < 1.29 is 31.7 Å². The normalized spacial score (nSPS) is 14.5. The lowest BCUT2D eigenvalue weighted by atomic mass is 10.1. The molecule has 40 heavy (non-hydrogen) atoms. The van der Waals surface area contributed by atoms with Gasteiger partial charge in [0.1, 0.15) is 4.90 Å². The first kappa shape index (κ1) is 30.1. The first-order chi connectivity index (χ1) is 19.0. The van der Waals surface area contributed by atoms with Crippen molar-refractivity contribution in [2.24, 2.45) is 0 Å². The molecule has 208 valence electrons. The molecule has 0 spiro atoms. The van der Waals surface area contributed by atoms with Gasteiger partial charge in [0.05, 0.1) is 21.6 Å². The fraction of sp³-hybridized carbons (Fsp3) is 0.148. The van der Waals surface area contributed by atoms with E-state index in [4.69, 9.17) is 8.92 Å². The van der Waals surface area contributed by atoms with Crippen LogP contribution in [-0.4, -0.2) is 37.0 Å². The van der Waals surface area contributed by atoms with E-state index in [1.807, 2.05) is 46.9 Å². The molecule has 1 aliphatic heterocycles. The van der Waals surface area contributed by atoms with E-state index in [2.05, 4.69) is 21.2 Å². The number of benzene rings is 3. The van der Waals surface area contributed by atoms with Gasteiger partial charge in [0.25, 0.3) is 11.1 Å². The largest absolute Gasteiger partial charge is 0.490 e. The van der Waals surface area contributed by atoms with Crippen molar-refractivity contribution in [3.05, 3.63) is 84.7 Å². The van der Waals surface area contributed by atoms with Gasteiger partial charge < -0.3 is 14.2 Å². The molecule has 1 saturated heterocycles. The summed E-state index contributed by atoms with van der Waals surface area (Å²) in [6, 6.07) is 16.1. The van der Waals surface area contributed by atoms with Gasteiger partial charge in [-0.15, -0.1) is 0 Å². The number of thioether (sulfide) groups is 1. The van der Waals surface area contributed by atoms with Crippen LogP contribution in [0.15, 0.2) is 74.9 Å². The van der Waals surface area contributed by atoms with Gasteiger partial charge in [0.2, 0.25) is 5.91 Å². The summed E-state index contributed by atoms with van der Waals surface area (Å²) < 4.78 is 38.5. The van der Waals surface area contributed by atoms with Gasteiger partial charge >= 0.3 is 10.1 Å². The van der Waals surface area contributed by atoms with Crippen LogP contribution in [0.2, 0.25) is 0 Å². The van der Waals surface area contributed by atoms with Gasteiger partial charge in [0.15, 0.2) is 11.5 Å². The molecule has 9 nitrogen and oxygen atoms in total. The summed E-state index contributed by atoms with van der Waals surface area (Å²) in [6.07, 6.45) is 1.57. The first-order valence-corrected chi connectivity index (χ1v) is 15.8. The number of nitrogens with zero attached hydrogens (tertiary/aromatic N) is 1. The van der Waals surface area contributed by atoms with Crippen LogP contribution in [0.3, 0.4) is 0 Å². The van der Waals surface area contributed by atoms with Gasteiger partial charge in [-0.3, -0.25) is 19.3 Å². The standard InChI is InChI=1S/C27H22BrIN2O7S2/c1-3-37-23-13-18(14-24-26(33)31(27(34)39-24)15-17-4-6-19(28)7-5-17)12-22(29)25(23)38-40(35,36)21-10-8-20(9-11-21)30-16(2)32/h4-14H,3,15H2,1-2H3,(H,30,32)/b24-14-. The van der Waals surface area contributed by atoms with Crippen LogP contribution in [0.5, 0.6) is 11.5 Å². The monoisotopic (exact) mass is 756 g/mol. The van der Waals surface area contributed by atoms with Crippen LogP contribution in [0.1, 0.15) is 25.0 Å². The maximum atomic E-state index is 13.0. The zero-order chi connectivity index (χ0) is 29.0. The number of carbonyl (C=O) groups excluding carboxylic acids is 3.